The van der Waals surface area contributed by atoms with E-state index in [0.29, 0.717) is 33.4 Å². The average molecular weight is 459 g/mol. The van der Waals surface area contributed by atoms with Gasteiger partial charge in [-0.25, -0.2) is 8.42 Å². The van der Waals surface area contributed by atoms with E-state index in [2.05, 4.69) is 4.90 Å². The van der Waals surface area contributed by atoms with Gasteiger partial charge < -0.3 is 9.80 Å². The van der Waals surface area contributed by atoms with Gasteiger partial charge in [-0.2, -0.15) is 0 Å². The molecule has 154 valence electrons. The SMILES string of the molecule is O=C(c1cc2c(s1)-c1ccccc1S(=O)(=O)C2)N1CCN(c2ccc(Cl)cc2)CC1. The Morgan fingerprint density at radius 1 is 0.967 bits per heavy atom. The van der Waals surface area contributed by atoms with Crippen molar-refractivity contribution in [1.29, 1.82) is 0 Å². The molecule has 2 aliphatic heterocycles. The number of benzene rings is 2. The van der Waals surface area contributed by atoms with Gasteiger partial charge in [-0.3, -0.25) is 4.79 Å². The van der Waals surface area contributed by atoms with Gasteiger partial charge in [0.1, 0.15) is 0 Å². The number of carbonyl (C=O) groups excluding carboxylic acids is 1. The fraction of sp³-hybridized carbons (Fsp3) is 0.227. The summed E-state index contributed by atoms with van der Waals surface area (Å²) in [7, 11) is -3.37. The maximum Gasteiger partial charge on any atom is 0.264 e. The van der Waals surface area contributed by atoms with E-state index >= 15 is 0 Å². The van der Waals surface area contributed by atoms with Gasteiger partial charge in [0, 0.05) is 47.3 Å². The van der Waals surface area contributed by atoms with Crippen molar-refractivity contribution < 1.29 is 13.2 Å². The summed E-state index contributed by atoms with van der Waals surface area (Å²) < 4.78 is 25.2. The van der Waals surface area contributed by atoms with Crippen LogP contribution in [-0.4, -0.2) is 45.4 Å². The van der Waals surface area contributed by atoms with Crippen LogP contribution in [0.1, 0.15) is 15.2 Å². The molecule has 1 amide bonds. The number of anilines is 1. The first-order valence-electron chi connectivity index (χ1n) is 9.67. The normalized spacial score (nSPS) is 17.4. The Kier molecular flexibility index (Phi) is 4.84. The van der Waals surface area contributed by atoms with Gasteiger partial charge in [0.05, 0.1) is 15.5 Å². The van der Waals surface area contributed by atoms with E-state index < -0.39 is 9.84 Å². The lowest BCUT2D eigenvalue weighted by atomic mass is 10.1. The zero-order valence-electron chi connectivity index (χ0n) is 16.0. The molecule has 1 saturated heterocycles. The monoisotopic (exact) mass is 458 g/mol. The molecule has 0 atom stereocenters. The van der Waals surface area contributed by atoms with E-state index in [1.165, 1.54) is 11.3 Å². The van der Waals surface area contributed by atoms with Crippen LogP contribution in [0.2, 0.25) is 5.02 Å². The summed E-state index contributed by atoms with van der Waals surface area (Å²) in [6.07, 6.45) is 0. The number of amides is 1. The number of nitrogens with zero attached hydrogens (tertiary/aromatic N) is 2. The molecule has 0 saturated carbocycles. The molecule has 0 unspecified atom stereocenters. The Labute approximate surface area is 184 Å². The molecule has 2 aliphatic rings. The number of hydrogen-bond acceptors (Lipinski definition) is 5. The van der Waals surface area contributed by atoms with E-state index in [4.69, 9.17) is 11.6 Å². The van der Waals surface area contributed by atoms with Gasteiger partial charge in [0.15, 0.2) is 9.84 Å². The van der Waals surface area contributed by atoms with E-state index in [9.17, 15) is 13.2 Å². The molecule has 3 aromatic rings. The topological polar surface area (TPSA) is 57.7 Å². The van der Waals surface area contributed by atoms with E-state index in [1.54, 1.807) is 18.2 Å². The molecule has 30 heavy (non-hydrogen) atoms. The van der Waals surface area contributed by atoms with Crippen LogP contribution in [0.25, 0.3) is 10.4 Å². The molecule has 5 nitrogen and oxygen atoms in total. The lowest BCUT2D eigenvalue weighted by molar-refractivity contribution is 0.0751. The second kappa shape index (κ2) is 7.41. The highest BCUT2D eigenvalue weighted by molar-refractivity contribution is 7.91. The van der Waals surface area contributed by atoms with Crippen LogP contribution >= 0.6 is 22.9 Å². The molecule has 0 spiro atoms. The molecule has 0 N–H and O–H groups in total. The van der Waals surface area contributed by atoms with Gasteiger partial charge in [0.2, 0.25) is 0 Å². The molecule has 1 aromatic heterocycles. The fourth-order valence-corrected chi connectivity index (χ4v) is 7.11. The summed E-state index contributed by atoms with van der Waals surface area (Å²) in [5, 5.41) is 0.706. The molecular weight excluding hydrogens is 440 g/mol. The Hall–Kier alpha value is -2.35. The van der Waals surface area contributed by atoms with Gasteiger partial charge in [-0.15, -0.1) is 11.3 Å². The van der Waals surface area contributed by atoms with Crippen molar-refractivity contribution in [2.75, 3.05) is 31.1 Å². The van der Waals surface area contributed by atoms with Crippen molar-refractivity contribution >= 4 is 44.4 Å². The average Bonchev–Trinajstić information content (AvgIpc) is 3.17. The number of fused-ring (bicyclic) bond motifs is 3. The number of carbonyl (C=O) groups is 1. The van der Waals surface area contributed by atoms with E-state index in [1.807, 2.05) is 41.3 Å². The van der Waals surface area contributed by atoms with Gasteiger partial charge in [-0.05, 0) is 42.0 Å². The van der Waals surface area contributed by atoms with Crippen molar-refractivity contribution in [3.05, 3.63) is 70.1 Å². The predicted molar refractivity (Wildman–Crippen MR) is 120 cm³/mol. The summed E-state index contributed by atoms with van der Waals surface area (Å²) >= 11 is 7.36. The predicted octanol–water partition coefficient (Wildman–Crippen LogP) is 4.32. The molecule has 3 heterocycles. The Morgan fingerprint density at radius 2 is 1.67 bits per heavy atom. The number of rotatable bonds is 2. The first-order valence-corrected chi connectivity index (χ1v) is 12.5. The third-order valence-corrected chi connectivity index (χ3v) is 8.76. The highest BCUT2D eigenvalue weighted by atomic mass is 35.5. The number of piperazine rings is 1. The van der Waals surface area contributed by atoms with Crippen LogP contribution in [-0.2, 0) is 15.6 Å². The van der Waals surface area contributed by atoms with Crippen LogP contribution < -0.4 is 4.90 Å². The van der Waals surface area contributed by atoms with Crippen LogP contribution in [0.15, 0.2) is 59.5 Å². The molecular formula is C22H19ClN2O3S2. The molecule has 0 bridgehead atoms. The Balaban J connectivity index is 1.35. The lowest BCUT2D eigenvalue weighted by Crippen LogP contribution is -2.48. The zero-order valence-corrected chi connectivity index (χ0v) is 18.4. The molecule has 2 aromatic carbocycles. The maximum atomic E-state index is 13.1. The molecule has 0 aliphatic carbocycles. The smallest absolute Gasteiger partial charge is 0.264 e. The van der Waals surface area contributed by atoms with E-state index in [-0.39, 0.29) is 11.7 Å². The Bertz CT molecular complexity index is 1230. The minimum atomic E-state index is -3.37. The summed E-state index contributed by atoms with van der Waals surface area (Å²) in [6.45, 7) is 2.74. The standard InChI is InChI=1S/C22H19ClN2O3S2/c23-16-5-7-17(8-6-16)24-9-11-25(12-10-24)22(26)19-13-15-14-30(27,28)20-4-2-1-3-18(20)21(15)29-19/h1-8,13H,9-12,14H2. The molecule has 5 rings (SSSR count). The number of thiophene rings is 1. The minimum Gasteiger partial charge on any atom is -0.368 e. The summed E-state index contributed by atoms with van der Waals surface area (Å²) in [6, 6.07) is 16.5. The molecule has 8 heteroatoms. The zero-order chi connectivity index (χ0) is 20.9. The third-order valence-electron chi connectivity index (χ3n) is 5.59. The van der Waals surface area contributed by atoms with Crippen molar-refractivity contribution in [2.24, 2.45) is 0 Å². The minimum absolute atomic E-state index is 0.0277. The largest absolute Gasteiger partial charge is 0.368 e. The van der Waals surface area contributed by atoms with Crippen molar-refractivity contribution in [3.63, 3.8) is 0 Å². The highest BCUT2D eigenvalue weighted by Gasteiger charge is 2.32. The quantitative estimate of drug-likeness (QED) is 0.574. The van der Waals surface area contributed by atoms with Gasteiger partial charge >= 0.3 is 0 Å². The van der Waals surface area contributed by atoms with Crippen molar-refractivity contribution in [1.82, 2.24) is 4.90 Å². The fourth-order valence-electron chi connectivity index (χ4n) is 4.05. The van der Waals surface area contributed by atoms with Gasteiger partial charge in [-0.1, -0.05) is 29.8 Å². The third kappa shape index (κ3) is 3.41. The summed E-state index contributed by atoms with van der Waals surface area (Å²) in [5.74, 6) is -0.0759. The molecule has 0 radical (unpaired) electrons. The van der Waals surface area contributed by atoms with Crippen LogP contribution in [0.3, 0.4) is 0 Å². The first-order chi connectivity index (χ1) is 14.4. The lowest BCUT2D eigenvalue weighted by Gasteiger charge is -2.36. The molecule has 1 fully saturated rings. The van der Waals surface area contributed by atoms with Crippen molar-refractivity contribution in [3.8, 4) is 10.4 Å². The van der Waals surface area contributed by atoms with Crippen molar-refractivity contribution in [2.45, 2.75) is 10.6 Å². The van der Waals surface area contributed by atoms with Crippen LogP contribution in [0.5, 0.6) is 0 Å². The summed E-state index contributed by atoms with van der Waals surface area (Å²) in [5.41, 5.74) is 2.53. The van der Waals surface area contributed by atoms with Crippen LogP contribution in [0, 0.1) is 0 Å². The number of hydrogen-bond donors (Lipinski definition) is 0. The summed E-state index contributed by atoms with van der Waals surface area (Å²) in [4.78, 5) is 19.1. The second-order valence-electron chi connectivity index (χ2n) is 7.48. The second-order valence-corrected chi connectivity index (χ2v) is 10.9. The van der Waals surface area contributed by atoms with Crippen LogP contribution in [0.4, 0.5) is 5.69 Å². The Morgan fingerprint density at radius 3 is 2.40 bits per heavy atom. The highest BCUT2D eigenvalue weighted by Crippen LogP contribution is 2.43. The van der Waals surface area contributed by atoms with E-state index in [0.717, 1.165) is 29.2 Å². The maximum absolute atomic E-state index is 13.1. The van der Waals surface area contributed by atoms with Gasteiger partial charge in [0.25, 0.3) is 5.91 Å². The number of sulfone groups is 1. The first kappa shape index (κ1) is 19.6. The number of halogens is 1.